The Morgan fingerprint density at radius 3 is 2.59 bits per heavy atom. The van der Waals surface area contributed by atoms with Crippen LogP contribution in [0.2, 0.25) is 0 Å². The Labute approximate surface area is 121 Å². The van der Waals surface area contributed by atoms with E-state index in [0.29, 0.717) is 11.6 Å². The Hall–Kier alpha value is -0.460. The first-order chi connectivity index (χ1) is 8.02. The summed E-state index contributed by atoms with van der Waals surface area (Å²) in [5.41, 5.74) is 7.89. The van der Waals surface area contributed by atoms with Gasteiger partial charge in [-0.2, -0.15) is 0 Å². The number of anilines is 1. The van der Waals surface area contributed by atoms with Gasteiger partial charge < -0.3 is 5.73 Å². The standard InChI is InChI=1S/C11H11Br2N3S/c1-3-7-5(2)10(14)16-11(15-7)8-4-6(12)9(13)17-8/h4H,3H2,1-2H3,(H2,14,15,16). The van der Waals surface area contributed by atoms with Crippen LogP contribution in [0.4, 0.5) is 5.82 Å². The summed E-state index contributed by atoms with van der Waals surface area (Å²) < 4.78 is 2.05. The lowest BCUT2D eigenvalue weighted by atomic mass is 10.2. The van der Waals surface area contributed by atoms with Gasteiger partial charge in [-0.05, 0) is 51.3 Å². The van der Waals surface area contributed by atoms with Crippen molar-refractivity contribution < 1.29 is 0 Å². The molecule has 0 spiro atoms. The predicted molar refractivity (Wildman–Crippen MR) is 79.3 cm³/mol. The van der Waals surface area contributed by atoms with Gasteiger partial charge in [-0.1, -0.05) is 6.92 Å². The SMILES string of the molecule is CCc1nc(-c2cc(Br)c(Br)s2)nc(N)c1C. The van der Waals surface area contributed by atoms with Gasteiger partial charge in [0.1, 0.15) is 5.82 Å². The van der Waals surface area contributed by atoms with E-state index in [1.807, 2.05) is 13.0 Å². The highest BCUT2D eigenvalue weighted by Gasteiger charge is 2.12. The quantitative estimate of drug-likeness (QED) is 0.855. The molecule has 3 nitrogen and oxygen atoms in total. The van der Waals surface area contributed by atoms with Crippen LogP contribution in [-0.2, 0) is 6.42 Å². The van der Waals surface area contributed by atoms with E-state index in [1.165, 1.54) is 0 Å². The second kappa shape index (κ2) is 5.04. The number of nitrogen functional groups attached to an aromatic ring is 1. The van der Waals surface area contributed by atoms with Crippen molar-refractivity contribution in [3.8, 4) is 10.7 Å². The Morgan fingerprint density at radius 1 is 1.35 bits per heavy atom. The summed E-state index contributed by atoms with van der Waals surface area (Å²) in [6.07, 6.45) is 0.860. The first kappa shape index (κ1) is 13.0. The first-order valence-corrected chi connectivity index (χ1v) is 7.51. The van der Waals surface area contributed by atoms with Crippen LogP contribution in [0.25, 0.3) is 10.7 Å². The zero-order valence-corrected chi connectivity index (χ0v) is 13.4. The van der Waals surface area contributed by atoms with Crippen LogP contribution in [0.1, 0.15) is 18.2 Å². The summed E-state index contributed by atoms with van der Waals surface area (Å²) in [5, 5.41) is 0. The van der Waals surface area contributed by atoms with Gasteiger partial charge in [0.15, 0.2) is 5.82 Å². The number of nitrogens with zero attached hydrogens (tertiary/aromatic N) is 2. The van der Waals surface area contributed by atoms with Gasteiger partial charge in [-0.3, -0.25) is 0 Å². The van der Waals surface area contributed by atoms with E-state index in [9.17, 15) is 0 Å². The minimum Gasteiger partial charge on any atom is -0.383 e. The van der Waals surface area contributed by atoms with Crippen molar-refractivity contribution in [3.05, 3.63) is 25.6 Å². The van der Waals surface area contributed by atoms with E-state index in [2.05, 4.69) is 48.8 Å². The molecule has 2 rings (SSSR count). The number of rotatable bonds is 2. The molecule has 2 heterocycles. The van der Waals surface area contributed by atoms with E-state index in [4.69, 9.17) is 5.73 Å². The molecule has 0 aliphatic carbocycles. The topological polar surface area (TPSA) is 51.8 Å². The molecule has 0 aliphatic heterocycles. The van der Waals surface area contributed by atoms with Gasteiger partial charge >= 0.3 is 0 Å². The van der Waals surface area contributed by atoms with Crippen LogP contribution < -0.4 is 5.73 Å². The molecule has 0 fully saturated rings. The molecule has 2 aromatic rings. The fourth-order valence-corrected chi connectivity index (χ4v) is 3.46. The largest absolute Gasteiger partial charge is 0.383 e. The van der Waals surface area contributed by atoms with E-state index < -0.39 is 0 Å². The lowest BCUT2D eigenvalue weighted by Gasteiger charge is -2.07. The Morgan fingerprint density at radius 2 is 2.06 bits per heavy atom. The fourth-order valence-electron chi connectivity index (χ4n) is 1.49. The molecular formula is C11H11Br2N3S. The molecular weight excluding hydrogens is 366 g/mol. The smallest absolute Gasteiger partial charge is 0.171 e. The second-order valence-electron chi connectivity index (χ2n) is 3.59. The summed E-state index contributed by atoms with van der Waals surface area (Å²) in [6.45, 7) is 4.02. The van der Waals surface area contributed by atoms with Crippen molar-refractivity contribution in [2.24, 2.45) is 0 Å². The van der Waals surface area contributed by atoms with E-state index in [0.717, 1.165) is 30.8 Å². The highest BCUT2D eigenvalue weighted by atomic mass is 79.9. The third-order valence-corrected chi connectivity index (χ3v) is 5.74. The van der Waals surface area contributed by atoms with Gasteiger partial charge in [-0.15, -0.1) is 11.3 Å². The third-order valence-electron chi connectivity index (χ3n) is 2.48. The second-order valence-corrected chi connectivity index (χ2v) is 6.81. The van der Waals surface area contributed by atoms with Gasteiger partial charge in [0.25, 0.3) is 0 Å². The van der Waals surface area contributed by atoms with Gasteiger partial charge in [0.05, 0.1) is 8.66 Å². The van der Waals surface area contributed by atoms with Crippen molar-refractivity contribution in [1.29, 1.82) is 0 Å². The number of hydrogen-bond donors (Lipinski definition) is 1. The minimum absolute atomic E-state index is 0.562. The molecule has 90 valence electrons. The normalized spacial score (nSPS) is 10.8. The van der Waals surface area contributed by atoms with E-state index in [-0.39, 0.29) is 0 Å². The number of aryl methyl sites for hydroxylation is 1. The zero-order chi connectivity index (χ0) is 12.6. The van der Waals surface area contributed by atoms with Crippen LogP contribution in [0.5, 0.6) is 0 Å². The highest BCUT2D eigenvalue weighted by molar-refractivity contribution is 9.13. The summed E-state index contributed by atoms with van der Waals surface area (Å²) in [7, 11) is 0. The Balaban J connectivity index is 2.56. The summed E-state index contributed by atoms with van der Waals surface area (Å²) in [6, 6.07) is 2.00. The van der Waals surface area contributed by atoms with Crippen LogP contribution in [-0.4, -0.2) is 9.97 Å². The molecule has 17 heavy (non-hydrogen) atoms. The molecule has 0 aliphatic rings. The number of halogens is 2. The number of nitrogens with two attached hydrogens (primary N) is 1. The van der Waals surface area contributed by atoms with E-state index >= 15 is 0 Å². The van der Waals surface area contributed by atoms with Crippen molar-refractivity contribution in [3.63, 3.8) is 0 Å². The molecule has 0 unspecified atom stereocenters. The molecule has 0 bridgehead atoms. The zero-order valence-electron chi connectivity index (χ0n) is 9.42. The maximum atomic E-state index is 5.91. The molecule has 0 amide bonds. The lowest BCUT2D eigenvalue weighted by molar-refractivity contribution is 0.984. The number of aromatic nitrogens is 2. The summed E-state index contributed by atoms with van der Waals surface area (Å²) in [4.78, 5) is 9.90. The molecule has 6 heteroatoms. The molecule has 0 saturated heterocycles. The predicted octanol–water partition coefficient (Wildman–Crippen LogP) is 4.18. The van der Waals surface area contributed by atoms with Crippen molar-refractivity contribution in [2.45, 2.75) is 20.3 Å². The molecule has 2 aromatic heterocycles. The molecule has 0 radical (unpaired) electrons. The molecule has 0 atom stereocenters. The third kappa shape index (κ3) is 2.53. The van der Waals surface area contributed by atoms with Crippen molar-refractivity contribution in [1.82, 2.24) is 9.97 Å². The van der Waals surface area contributed by atoms with Crippen molar-refractivity contribution in [2.75, 3.05) is 5.73 Å². The van der Waals surface area contributed by atoms with Gasteiger partial charge in [0.2, 0.25) is 0 Å². The molecule has 0 aromatic carbocycles. The molecule has 0 saturated carbocycles. The highest BCUT2D eigenvalue weighted by Crippen LogP contribution is 2.37. The maximum Gasteiger partial charge on any atom is 0.171 e. The van der Waals surface area contributed by atoms with Crippen LogP contribution in [0.15, 0.2) is 14.3 Å². The monoisotopic (exact) mass is 375 g/mol. The van der Waals surface area contributed by atoms with Gasteiger partial charge in [-0.25, -0.2) is 9.97 Å². The summed E-state index contributed by atoms with van der Waals surface area (Å²) in [5.74, 6) is 1.26. The maximum absolute atomic E-state index is 5.91. The van der Waals surface area contributed by atoms with Crippen molar-refractivity contribution >= 4 is 49.0 Å². The number of hydrogen-bond acceptors (Lipinski definition) is 4. The van der Waals surface area contributed by atoms with Crippen LogP contribution >= 0.6 is 43.2 Å². The molecule has 2 N–H and O–H groups in total. The summed E-state index contributed by atoms with van der Waals surface area (Å²) >= 11 is 8.52. The van der Waals surface area contributed by atoms with Crippen LogP contribution in [0, 0.1) is 6.92 Å². The Kier molecular flexibility index (Phi) is 3.85. The fraction of sp³-hybridized carbons (Fsp3) is 0.273. The average molecular weight is 377 g/mol. The van der Waals surface area contributed by atoms with Crippen LogP contribution in [0.3, 0.4) is 0 Å². The Bertz CT molecular complexity index is 547. The number of thiophene rings is 1. The first-order valence-electron chi connectivity index (χ1n) is 5.11. The minimum atomic E-state index is 0.562. The lowest BCUT2D eigenvalue weighted by Crippen LogP contribution is -2.03. The van der Waals surface area contributed by atoms with E-state index in [1.54, 1.807) is 11.3 Å². The van der Waals surface area contributed by atoms with Gasteiger partial charge in [0, 0.05) is 15.7 Å². The average Bonchev–Trinajstić information content (AvgIpc) is 2.63.